The molecule has 0 saturated heterocycles. The van der Waals surface area contributed by atoms with Crippen LogP contribution >= 0.6 is 27.3 Å². The van der Waals surface area contributed by atoms with Crippen LogP contribution in [0.25, 0.3) is 22.9 Å². The first kappa shape index (κ1) is 16.6. The molecular formula is C20H15BrN2S. The van der Waals surface area contributed by atoms with E-state index in [2.05, 4.69) is 53.2 Å². The van der Waals surface area contributed by atoms with E-state index in [0.29, 0.717) is 5.57 Å². The number of rotatable bonds is 3. The van der Waals surface area contributed by atoms with Crippen molar-refractivity contribution in [1.82, 2.24) is 4.98 Å². The van der Waals surface area contributed by atoms with Crippen molar-refractivity contribution in [2.45, 2.75) is 13.8 Å². The summed E-state index contributed by atoms with van der Waals surface area (Å²) >= 11 is 4.98. The average Bonchev–Trinajstić information content (AvgIpc) is 2.96. The molecule has 2 aromatic carbocycles. The first-order valence-corrected chi connectivity index (χ1v) is 9.10. The predicted octanol–water partition coefficient (Wildman–Crippen LogP) is 6.25. The van der Waals surface area contributed by atoms with Gasteiger partial charge in [-0.05, 0) is 37.6 Å². The molecule has 0 amide bonds. The number of benzene rings is 2. The summed E-state index contributed by atoms with van der Waals surface area (Å²) < 4.78 is 1.02. The summed E-state index contributed by atoms with van der Waals surface area (Å²) in [6.45, 7) is 4.11. The number of nitriles is 1. The maximum atomic E-state index is 9.54. The van der Waals surface area contributed by atoms with Gasteiger partial charge in [-0.25, -0.2) is 4.98 Å². The lowest BCUT2D eigenvalue weighted by atomic mass is 10.1. The molecule has 0 aliphatic rings. The Morgan fingerprint density at radius 1 is 1.08 bits per heavy atom. The largest absolute Gasteiger partial charge is 0.235 e. The van der Waals surface area contributed by atoms with Crippen LogP contribution in [0.4, 0.5) is 0 Å². The van der Waals surface area contributed by atoms with Crippen LogP contribution in [0.15, 0.2) is 53.0 Å². The van der Waals surface area contributed by atoms with Gasteiger partial charge in [0.15, 0.2) is 0 Å². The highest BCUT2D eigenvalue weighted by atomic mass is 79.9. The number of hydrogen-bond acceptors (Lipinski definition) is 3. The number of thiazole rings is 1. The van der Waals surface area contributed by atoms with Crippen molar-refractivity contribution in [3.8, 4) is 17.3 Å². The van der Waals surface area contributed by atoms with Gasteiger partial charge in [0.05, 0.1) is 11.3 Å². The van der Waals surface area contributed by atoms with Crippen molar-refractivity contribution in [3.63, 3.8) is 0 Å². The average molecular weight is 395 g/mol. The quantitative estimate of drug-likeness (QED) is 0.491. The molecule has 0 aliphatic heterocycles. The molecule has 0 fully saturated rings. The predicted molar refractivity (Wildman–Crippen MR) is 105 cm³/mol. The molecule has 0 atom stereocenters. The molecule has 3 aromatic rings. The van der Waals surface area contributed by atoms with Gasteiger partial charge in [-0.15, -0.1) is 11.3 Å². The molecule has 4 heteroatoms. The summed E-state index contributed by atoms with van der Waals surface area (Å²) in [5, 5.41) is 10.3. The molecule has 3 rings (SSSR count). The zero-order valence-corrected chi connectivity index (χ0v) is 15.8. The summed E-state index contributed by atoms with van der Waals surface area (Å²) in [6.07, 6.45) is 1.88. The highest BCUT2D eigenvalue weighted by molar-refractivity contribution is 9.10. The minimum atomic E-state index is 0.587. The van der Waals surface area contributed by atoms with Gasteiger partial charge in [0.25, 0.3) is 0 Å². The third-order valence-electron chi connectivity index (χ3n) is 3.65. The standard InChI is InChI=1S/C20H15BrN2S/c1-13-3-7-16(8-4-13)19-14(2)24-20(23-19)17(12-22)11-15-5-9-18(21)10-6-15/h3-11H,1-2H3/b17-11+. The maximum absolute atomic E-state index is 9.54. The van der Waals surface area contributed by atoms with Crippen molar-refractivity contribution >= 4 is 38.9 Å². The Labute approximate surface area is 154 Å². The lowest BCUT2D eigenvalue weighted by molar-refractivity contribution is 1.34. The molecule has 0 bridgehead atoms. The van der Waals surface area contributed by atoms with Crippen LogP contribution in [-0.2, 0) is 0 Å². The summed E-state index contributed by atoms with van der Waals surface area (Å²) in [4.78, 5) is 5.83. The third-order valence-corrected chi connectivity index (χ3v) is 5.19. The maximum Gasteiger partial charge on any atom is 0.134 e. The van der Waals surface area contributed by atoms with E-state index in [1.54, 1.807) is 11.3 Å². The highest BCUT2D eigenvalue weighted by Crippen LogP contribution is 2.31. The van der Waals surface area contributed by atoms with Gasteiger partial charge in [0.2, 0.25) is 0 Å². The normalized spacial score (nSPS) is 11.3. The number of nitrogens with zero attached hydrogens (tertiary/aromatic N) is 2. The third kappa shape index (κ3) is 3.64. The van der Waals surface area contributed by atoms with Crippen molar-refractivity contribution in [2.75, 3.05) is 0 Å². The Hall–Kier alpha value is -2.22. The van der Waals surface area contributed by atoms with Gasteiger partial charge in [0, 0.05) is 14.9 Å². The first-order chi connectivity index (χ1) is 11.6. The number of allylic oxidation sites excluding steroid dienone is 1. The van der Waals surface area contributed by atoms with Gasteiger partial charge in [-0.2, -0.15) is 5.26 Å². The fourth-order valence-corrected chi connectivity index (χ4v) is 3.52. The van der Waals surface area contributed by atoms with Crippen molar-refractivity contribution in [3.05, 3.63) is 74.0 Å². The van der Waals surface area contributed by atoms with E-state index in [1.165, 1.54) is 5.56 Å². The first-order valence-electron chi connectivity index (χ1n) is 7.49. The molecule has 24 heavy (non-hydrogen) atoms. The van der Waals surface area contributed by atoms with Crippen molar-refractivity contribution in [2.24, 2.45) is 0 Å². The van der Waals surface area contributed by atoms with Gasteiger partial charge in [-0.1, -0.05) is 57.9 Å². The molecule has 0 spiro atoms. The topological polar surface area (TPSA) is 36.7 Å². The lowest BCUT2D eigenvalue weighted by Crippen LogP contribution is -1.84. The molecule has 0 aliphatic carbocycles. The van der Waals surface area contributed by atoms with E-state index in [-0.39, 0.29) is 0 Å². The summed E-state index contributed by atoms with van der Waals surface area (Å²) in [5.74, 6) is 0. The van der Waals surface area contributed by atoms with E-state index in [9.17, 15) is 5.26 Å². The van der Waals surface area contributed by atoms with Crippen molar-refractivity contribution in [1.29, 1.82) is 5.26 Å². The molecule has 0 unspecified atom stereocenters. The number of aromatic nitrogens is 1. The van der Waals surface area contributed by atoms with Gasteiger partial charge in [-0.3, -0.25) is 0 Å². The number of halogens is 1. The second-order valence-electron chi connectivity index (χ2n) is 5.51. The zero-order chi connectivity index (χ0) is 17.1. The summed E-state index contributed by atoms with van der Waals surface area (Å²) in [6, 6.07) is 18.5. The lowest BCUT2D eigenvalue weighted by Gasteiger charge is -1.99. The molecule has 0 saturated carbocycles. The molecule has 0 radical (unpaired) electrons. The Kier molecular flexibility index (Phi) is 4.94. The van der Waals surface area contributed by atoms with Crippen LogP contribution < -0.4 is 0 Å². The molecule has 2 nitrogen and oxygen atoms in total. The molecule has 0 N–H and O–H groups in total. The van der Waals surface area contributed by atoms with E-state index in [0.717, 1.165) is 31.2 Å². The summed E-state index contributed by atoms with van der Waals surface area (Å²) in [7, 11) is 0. The monoisotopic (exact) mass is 394 g/mol. The van der Waals surface area contributed by atoms with Crippen molar-refractivity contribution < 1.29 is 0 Å². The second-order valence-corrected chi connectivity index (χ2v) is 7.63. The van der Waals surface area contributed by atoms with Gasteiger partial charge in [0.1, 0.15) is 11.1 Å². The fraction of sp³-hybridized carbons (Fsp3) is 0.100. The molecule has 1 heterocycles. The molecule has 1 aromatic heterocycles. The highest BCUT2D eigenvalue weighted by Gasteiger charge is 2.13. The minimum Gasteiger partial charge on any atom is -0.235 e. The van der Waals surface area contributed by atoms with E-state index >= 15 is 0 Å². The van der Waals surface area contributed by atoms with Crippen LogP contribution in [-0.4, -0.2) is 4.98 Å². The SMILES string of the molecule is Cc1ccc(-c2nc(/C(C#N)=C/c3ccc(Br)cc3)sc2C)cc1. The zero-order valence-electron chi connectivity index (χ0n) is 13.4. The van der Waals surface area contributed by atoms with Crippen LogP contribution in [0.1, 0.15) is 21.0 Å². The molecule has 118 valence electrons. The number of aryl methyl sites for hydroxylation is 2. The second kappa shape index (κ2) is 7.12. The van der Waals surface area contributed by atoms with Crippen LogP contribution in [0, 0.1) is 25.2 Å². The van der Waals surface area contributed by atoms with Crippen LogP contribution in [0.3, 0.4) is 0 Å². The van der Waals surface area contributed by atoms with Crippen LogP contribution in [0.5, 0.6) is 0 Å². The Bertz CT molecular complexity index is 929. The Balaban J connectivity index is 1.99. The number of hydrogen-bond donors (Lipinski definition) is 0. The fourth-order valence-electron chi connectivity index (χ4n) is 2.36. The Morgan fingerprint density at radius 2 is 1.75 bits per heavy atom. The minimum absolute atomic E-state index is 0.587. The van der Waals surface area contributed by atoms with Gasteiger partial charge >= 0.3 is 0 Å². The smallest absolute Gasteiger partial charge is 0.134 e. The van der Waals surface area contributed by atoms with Gasteiger partial charge < -0.3 is 0 Å². The van der Waals surface area contributed by atoms with E-state index in [1.807, 2.05) is 37.3 Å². The Morgan fingerprint density at radius 3 is 2.38 bits per heavy atom. The molecular weight excluding hydrogens is 380 g/mol. The van der Waals surface area contributed by atoms with E-state index in [4.69, 9.17) is 4.98 Å². The van der Waals surface area contributed by atoms with E-state index < -0.39 is 0 Å². The van der Waals surface area contributed by atoms with Crippen LogP contribution in [0.2, 0.25) is 0 Å². The summed E-state index contributed by atoms with van der Waals surface area (Å²) in [5.41, 5.74) is 4.83.